The summed E-state index contributed by atoms with van der Waals surface area (Å²) in [5, 5.41) is 7.02. The molecule has 1 aliphatic carbocycles. The Bertz CT molecular complexity index is 457. The molecule has 0 amide bonds. The van der Waals surface area contributed by atoms with Crippen molar-refractivity contribution in [3.63, 3.8) is 0 Å². The number of pyridine rings is 2. The van der Waals surface area contributed by atoms with Gasteiger partial charge in [-0.15, -0.1) is 0 Å². The number of anilines is 2. The van der Waals surface area contributed by atoms with Crippen molar-refractivity contribution >= 4 is 11.6 Å². The number of nitrogens with one attached hydrogen (secondary N) is 2. The van der Waals surface area contributed by atoms with Crippen LogP contribution in [0.3, 0.4) is 0 Å². The maximum absolute atomic E-state index is 4.32. The summed E-state index contributed by atoms with van der Waals surface area (Å²) in [6.07, 6.45) is 8.33. The van der Waals surface area contributed by atoms with Crippen LogP contribution in [-0.4, -0.2) is 22.1 Å². The van der Waals surface area contributed by atoms with E-state index < -0.39 is 0 Å². The molecule has 104 valence electrons. The van der Waals surface area contributed by atoms with Crippen LogP contribution >= 0.6 is 0 Å². The third kappa shape index (κ3) is 3.47. The Kier molecular flexibility index (Phi) is 4.11. The van der Waals surface area contributed by atoms with Crippen molar-refractivity contribution in [1.82, 2.24) is 9.97 Å². The molecule has 0 bridgehead atoms. The Morgan fingerprint density at radius 3 is 1.50 bits per heavy atom. The fourth-order valence-corrected chi connectivity index (χ4v) is 2.70. The zero-order valence-corrected chi connectivity index (χ0v) is 11.5. The van der Waals surface area contributed by atoms with Crippen LogP contribution in [0.25, 0.3) is 0 Å². The molecule has 0 saturated heterocycles. The molecule has 0 aromatic carbocycles. The van der Waals surface area contributed by atoms with Crippen LogP contribution in [0.1, 0.15) is 25.7 Å². The van der Waals surface area contributed by atoms with Crippen molar-refractivity contribution in [3.8, 4) is 0 Å². The molecule has 1 aliphatic rings. The van der Waals surface area contributed by atoms with E-state index in [4.69, 9.17) is 0 Å². The van der Waals surface area contributed by atoms with Crippen molar-refractivity contribution in [2.24, 2.45) is 0 Å². The highest BCUT2D eigenvalue weighted by Gasteiger charge is 2.21. The van der Waals surface area contributed by atoms with Crippen LogP contribution in [0.5, 0.6) is 0 Å². The highest BCUT2D eigenvalue weighted by molar-refractivity contribution is 5.36. The second-order valence-corrected chi connectivity index (χ2v) is 5.27. The van der Waals surface area contributed by atoms with E-state index in [1.165, 1.54) is 25.7 Å². The van der Waals surface area contributed by atoms with Crippen molar-refractivity contribution in [2.75, 3.05) is 10.6 Å². The van der Waals surface area contributed by atoms with Crippen molar-refractivity contribution in [2.45, 2.75) is 37.8 Å². The Hall–Kier alpha value is -2.10. The quantitative estimate of drug-likeness (QED) is 0.893. The van der Waals surface area contributed by atoms with E-state index >= 15 is 0 Å². The van der Waals surface area contributed by atoms with Gasteiger partial charge in [-0.1, -0.05) is 12.1 Å². The smallest absolute Gasteiger partial charge is 0.126 e. The van der Waals surface area contributed by atoms with E-state index in [0.717, 1.165) is 11.6 Å². The summed E-state index contributed by atoms with van der Waals surface area (Å²) < 4.78 is 0. The van der Waals surface area contributed by atoms with Gasteiger partial charge in [0.15, 0.2) is 0 Å². The largest absolute Gasteiger partial charge is 0.367 e. The molecular formula is C16H20N4. The lowest BCUT2D eigenvalue weighted by atomic mass is 9.91. The molecular weight excluding hydrogens is 248 g/mol. The van der Waals surface area contributed by atoms with E-state index in [1.54, 1.807) is 0 Å². The SMILES string of the molecule is c1ccc(NC2CCC(Nc3ccccn3)CC2)nc1. The van der Waals surface area contributed by atoms with Crippen LogP contribution < -0.4 is 10.6 Å². The fourth-order valence-electron chi connectivity index (χ4n) is 2.70. The van der Waals surface area contributed by atoms with Crippen LogP contribution in [0.15, 0.2) is 48.8 Å². The molecule has 1 saturated carbocycles. The summed E-state index contributed by atoms with van der Waals surface area (Å²) in [7, 11) is 0. The van der Waals surface area contributed by atoms with Crippen molar-refractivity contribution < 1.29 is 0 Å². The second-order valence-electron chi connectivity index (χ2n) is 5.27. The first-order valence-electron chi connectivity index (χ1n) is 7.25. The molecule has 4 heteroatoms. The van der Waals surface area contributed by atoms with Gasteiger partial charge < -0.3 is 10.6 Å². The normalized spacial score (nSPS) is 22.2. The minimum absolute atomic E-state index is 0.534. The topological polar surface area (TPSA) is 49.8 Å². The first-order valence-corrected chi connectivity index (χ1v) is 7.25. The Balaban J connectivity index is 1.47. The lowest BCUT2D eigenvalue weighted by molar-refractivity contribution is 0.427. The summed E-state index contributed by atoms with van der Waals surface area (Å²) in [6, 6.07) is 13.0. The van der Waals surface area contributed by atoms with Crippen LogP contribution in [0.4, 0.5) is 11.6 Å². The van der Waals surface area contributed by atoms with Crippen molar-refractivity contribution in [1.29, 1.82) is 0 Å². The molecule has 0 spiro atoms. The molecule has 2 aromatic rings. The van der Waals surface area contributed by atoms with Crippen LogP contribution in [0, 0.1) is 0 Å². The summed E-state index contributed by atoms with van der Waals surface area (Å²) in [5.41, 5.74) is 0. The Morgan fingerprint density at radius 1 is 0.700 bits per heavy atom. The summed E-state index contributed by atoms with van der Waals surface area (Å²) >= 11 is 0. The highest BCUT2D eigenvalue weighted by Crippen LogP contribution is 2.23. The zero-order chi connectivity index (χ0) is 13.6. The maximum atomic E-state index is 4.32. The predicted molar refractivity (Wildman–Crippen MR) is 81.8 cm³/mol. The fraction of sp³-hybridized carbons (Fsp3) is 0.375. The molecule has 0 atom stereocenters. The molecule has 4 nitrogen and oxygen atoms in total. The van der Waals surface area contributed by atoms with Gasteiger partial charge in [0.1, 0.15) is 11.6 Å². The standard InChI is InChI=1S/C16H20N4/c1-3-11-17-15(5-1)19-13-7-9-14(10-8-13)20-16-6-2-4-12-18-16/h1-6,11-14H,7-10H2,(H,17,19)(H,18,20). The van der Waals surface area contributed by atoms with Crippen LogP contribution in [-0.2, 0) is 0 Å². The summed E-state index contributed by atoms with van der Waals surface area (Å²) in [4.78, 5) is 8.65. The summed E-state index contributed by atoms with van der Waals surface area (Å²) in [6.45, 7) is 0. The minimum Gasteiger partial charge on any atom is -0.367 e. The van der Waals surface area contributed by atoms with Gasteiger partial charge in [0, 0.05) is 24.5 Å². The molecule has 2 aromatic heterocycles. The molecule has 20 heavy (non-hydrogen) atoms. The number of hydrogen-bond donors (Lipinski definition) is 2. The average Bonchev–Trinajstić information content (AvgIpc) is 2.51. The number of aromatic nitrogens is 2. The first-order chi connectivity index (χ1) is 9.90. The molecule has 0 radical (unpaired) electrons. The van der Waals surface area contributed by atoms with E-state index in [1.807, 2.05) is 48.8 Å². The minimum atomic E-state index is 0.534. The Labute approximate surface area is 119 Å². The lowest BCUT2D eigenvalue weighted by Gasteiger charge is -2.30. The predicted octanol–water partition coefficient (Wildman–Crippen LogP) is 3.31. The second kappa shape index (κ2) is 6.37. The van der Waals surface area contributed by atoms with Gasteiger partial charge in [-0.05, 0) is 49.9 Å². The van der Waals surface area contributed by atoms with Gasteiger partial charge in [0.05, 0.1) is 0 Å². The van der Waals surface area contributed by atoms with Gasteiger partial charge in [-0.3, -0.25) is 0 Å². The lowest BCUT2D eigenvalue weighted by Crippen LogP contribution is -2.32. The van der Waals surface area contributed by atoms with E-state index in [9.17, 15) is 0 Å². The molecule has 0 aliphatic heterocycles. The Morgan fingerprint density at radius 2 is 1.15 bits per heavy atom. The molecule has 2 N–H and O–H groups in total. The van der Waals surface area contributed by atoms with Gasteiger partial charge >= 0.3 is 0 Å². The van der Waals surface area contributed by atoms with Gasteiger partial charge in [0.2, 0.25) is 0 Å². The molecule has 2 heterocycles. The van der Waals surface area contributed by atoms with E-state index in [2.05, 4.69) is 20.6 Å². The number of nitrogens with zero attached hydrogens (tertiary/aromatic N) is 2. The van der Waals surface area contributed by atoms with E-state index in [-0.39, 0.29) is 0 Å². The molecule has 3 rings (SSSR count). The van der Waals surface area contributed by atoms with Crippen LogP contribution in [0.2, 0.25) is 0 Å². The zero-order valence-electron chi connectivity index (χ0n) is 11.5. The van der Waals surface area contributed by atoms with E-state index in [0.29, 0.717) is 12.1 Å². The molecule has 1 fully saturated rings. The van der Waals surface area contributed by atoms with Gasteiger partial charge in [-0.2, -0.15) is 0 Å². The van der Waals surface area contributed by atoms with Gasteiger partial charge in [0.25, 0.3) is 0 Å². The molecule has 0 unspecified atom stereocenters. The number of rotatable bonds is 4. The summed E-state index contributed by atoms with van der Waals surface area (Å²) in [5.74, 6) is 1.96. The average molecular weight is 268 g/mol. The highest BCUT2D eigenvalue weighted by atomic mass is 15.0. The van der Waals surface area contributed by atoms with Crippen molar-refractivity contribution in [3.05, 3.63) is 48.8 Å². The number of hydrogen-bond acceptors (Lipinski definition) is 4. The maximum Gasteiger partial charge on any atom is 0.126 e. The monoisotopic (exact) mass is 268 g/mol. The third-order valence-corrected chi connectivity index (χ3v) is 3.76. The first kappa shape index (κ1) is 12.9. The van der Waals surface area contributed by atoms with Gasteiger partial charge in [-0.25, -0.2) is 9.97 Å². The third-order valence-electron chi connectivity index (χ3n) is 3.76.